The second-order valence-electron chi connectivity index (χ2n) is 2.96. The van der Waals surface area contributed by atoms with Crippen molar-refractivity contribution in [2.24, 2.45) is 5.73 Å². The molecule has 1 rings (SSSR count). The lowest BCUT2D eigenvalue weighted by atomic mass is 10.1. The maximum Gasteiger partial charge on any atom is 0.132 e. The summed E-state index contributed by atoms with van der Waals surface area (Å²) in [5.41, 5.74) is 7.18. The molecule has 72 valence electrons. The average Bonchev–Trinajstić information content (AvgIpc) is 2.12. The van der Waals surface area contributed by atoms with Crippen LogP contribution in [0.1, 0.15) is 17.2 Å². The van der Waals surface area contributed by atoms with Crippen LogP contribution in [0.15, 0.2) is 16.6 Å². The Morgan fingerprint density at radius 3 is 2.62 bits per heavy atom. The molecule has 0 amide bonds. The molecule has 0 saturated heterocycles. The van der Waals surface area contributed by atoms with E-state index in [2.05, 4.69) is 15.9 Å². The van der Waals surface area contributed by atoms with Gasteiger partial charge in [-0.25, -0.2) is 0 Å². The third-order valence-electron chi connectivity index (χ3n) is 1.90. The van der Waals surface area contributed by atoms with E-state index < -0.39 is 6.04 Å². The smallest absolute Gasteiger partial charge is 0.132 e. The topological polar surface area (TPSA) is 66.5 Å². The van der Waals surface area contributed by atoms with Gasteiger partial charge in [0.05, 0.1) is 17.1 Å². The van der Waals surface area contributed by atoms with Crippen molar-refractivity contribution in [2.75, 3.05) is 6.61 Å². The summed E-state index contributed by atoms with van der Waals surface area (Å²) >= 11 is 3.21. The number of aryl methyl sites for hydroxylation is 1. The quantitative estimate of drug-likeness (QED) is 0.739. The molecule has 0 fully saturated rings. The maximum atomic E-state index is 9.44. The molecule has 0 bridgehead atoms. The van der Waals surface area contributed by atoms with E-state index in [0.717, 1.165) is 11.1 Å². The Kier molecular flexibility index (Phi) is 3.30. The standard InChI is InChI=1S/C9H12BrNO2/c1-5-2-6(8(11)4-12)3-7(10)9(5)13/h2-3,8,12-13H,4,11H2,1H3. The van der Waals surface area contributed by atoms with Gasteiger partial charge in [-0.3, -0.25) is 0 Å². The fourth-order valence-electron chi connectivity index (χ4n) is 1.08. The van der Waals surface area contributed by atoms with Crippen molar-refractivity contribution in [1.82, 2.24) is 0 Å². The molecular weight excluding hydrogens is 234 g/mol. The van der Waals surface area contributed by atoms with Crippen LogP contribution >= 0.6 is 15.9 Å². The van der Waals surface area contributed by atoms with Crippen LogP contribution in [0.5, 0.6) is 5.75 Å². The number of rotatable bonds is 2. The SMILES string of the molecule is Cc1cc(C(N)CO)cc(Br)c1O. The number of halogens is 1. The van der Waals surface area contributed by atoms with Gasteiger partial charge in [0.2, 0.25) is 0 Å². The number of aliphatic hydroxyl groups excluding tert-OH is 1. The summed E-state index contributed by atoms with van der Waals surface area (Å²) in [6.45, 7) is 1.68. The van der Waals surface area contributed by atoms with E-state index in [4.69, 9.17) is 10.8 Å². The highest BCUT2D eigenvalue weighted by atomic mass is 79.9. The van der Waals surface area contributed by atoms with Crippen LogP contribution in [0.25, 0.3) is 0 Å². The number of aromatic hydroxyl groups is 1. The molecule has 0 aliphatic carbocycles. The first-order valence-electron chi connectivity index (χ1n) is 3.91. The summed E-state index contributed by atoms with van der Waals surface area (Å²) in [6, 6.07) is 3.08. The predicted octanol–water partition coefficient (Wildman–Crippen LogP) is 1.46. The Hall–Kier alpha value is -0.580. The number of hydrogen-bond acceptors (Lipinski definition) is 3. The van der Waals surface area contributed by atoms with Gasteiger partial charge in [-0.15, -0.1) is 0 Å². The first kappa shape index (κ1) is 10.5. The molecule has 0 saturated carbocycles. The lowest BCUT2D eigenvalue weighted by Gasteiger charge is -2.11. The van der Waals surface area contributed by atoms with Gasteiger partial charge in [-0.2, -0.15) is 0 Å². The summed E-state index contributed by atoms with van der Waals surface area (Å²) in [5.74, 6) is 0.217. The van der Waals surface area contributed by atoms with Crippen molar-refractivity contribution >= 4 is 15.9 Å². The minimum atomic E-state index is -0.393. The summed E-state index contributed by atoms with van der Waals surface area (Å²) in [7, 11) is 0. The third-order valence-corrected chi connectivity index (χ3v) is 2.51. The van der Waals surface area contributed by atoms with Crippen LogP contribution in [0, 0.1) is 6.92 Å². The molecule has 0 aliphatic rings. The zero-order valence-electron chi connectivity index (χ0n) is 7.29. The Morgan fingerprint density at radius 1 is 1.54 bits per heavy atom. The third kappa shape index (κ3) is 2.21. The van der Waals surface area contributed by atoms with Crippen LogP contribution < -0.4 is 5.73 Å². The van der Waals surface area contributed by atoms with Gasteiger partial charge >= 0.3 is 0 Å². The minimum Gasteiger partial charge on any atom is -0.506 e. The second-order valence-corrected chi connectivity index (χ2v) is 3.81. The number of benzene rings is 1. The van der Waals surface area contributed by atoms with Crippen LogP contribution in [0.2, 0.25) is 0 Å². The van der Waals surface area contributed by atoms with Crippen molar-refractivity contribution in [3.8, 4) is 5.75 Å². The molecule has 1 aromatic carbocycles. The zero-order chi connectivity index (χ0) is 10.0. The van der Waals surface area contributed by atoms with E-state index in [1.165, 1.54) is 0 Å². The summed E-state index contributed by atoms with van der Waals surface area (Å²) in [4.78, 5) is 0. The summed E-state index contributed by atoms with van der Waals surface area (Å²) in [5, 5.41) is 18.3. The molecule has 1 atom stereocenters. The minimum absolute atomic E-state index is 0.101. The monoisotopic (exact) mass is 245 g/mol. The fraction of sp³-hybridized carbons (Fsp3) is 0.333. The lowest BCUT2D eigenvalue weighted by molar-refractivity contribution is 0.268. The van der Waals surface area contributed by atoms with Gasteiger partial charge in [-0.05, 0) is 40.0 Å². The molecule has 3 nitrogen and oxygen atoms in total. The zero-order valence-corrected chi connectivity index (χ0v) is 8.87. The highest BCUT2D eigenvalue weighted by Gasteiger charge is 2.09. The lowest BCUT2D eigenvalue weighted by Crippen LogP contribution is -2.14. The molecule has 0 spiro atoms. The van der Waals surface area contributed by atoms with Gasteiger partial charge in [-0.1, -0.05) is 6.07 Å². The largest absolute Gasteiger partial charge is 0.506 e. The summed E-state index contributed by atoms with van der Waals surface area (Å²) < 4.78 is 0.603. The van der Waals surface area contributed by atoms with Crippen LogP contribution in [0.4, 0.5) is 0 Å². The molecule has 4 N–H and O–H groups in total. The normalized spacial score (nSPS) is 12.9. The van der Waals surface area contributed by atoms with Crippen molar-refractivity contribution in [3.05, 3.63) is 27.7 Å². The highest BCUT2D eigenvalue weighted by Crippen LogP contribution is 2.30. The van der Waals surface area contributed by atoms with Gasteiger partial charge < -0.3 is 15.9 Å². The molecule has 0 aromatic heterocycles. The number of hydrogen-bond donors (Lipinski definition) is 3. The second kappa shape index (κ2) is 4.09. The first-order chi connectivity index (χ1) is 6.06. The van der Waals surface area contributed by atoms with E-state index in [-0.39, 0.29) is 12.4 Å². The van der Waals surface area contributed by atoms with Crippen molar-refractivity contribution < 1.29 is 10.2 Å². The van der Waals surface area contributed by atoms with E-state index in [0.29, 0.717) is 4.47 Å². The fourth-order valence-corrected chi connectivity index (χ4v) is 1.66. The Morgan fingerprint density at radius 2 is 2.15 bits per heavy atom. The maximum absolute atomic E-state index is 9.44. The van der Waals surface area contributed by atoms with Crippen molar-refractivity contribution in [1.29, 1.82) is 0 Å². The van der Waals surface area contributed by atoms with E-state index >= 15 is 0 Å². The average molecular weight is 246 g/mol. The van der Waals surface area contributed by atoms with Gasteiger partial charge in [0.15, 0.2) is 0 Å². The van der Waals surface area contributed by atoms with E-state index in [9.17, 15) is 5.11 Å². The first-order valence-corrected chi connectivity index (χ1v) is 4.71. The van der Waals surface area contributed by atoms with Gasteiger partial charge in [0, 0.05) is 0 Å². The van der Waals surface area contributed by atoms with E-state index in [1.54, 1.807) is 19.1 Å². The predicted molar refractivity (Wildman–Crippen MR) is 54.6 cm³/mol. The molecular formula is C9H12BrNO2. The molecule has 1 unspecified atom stereocenters. The van der Waals surface area contributed by atoms with Crippen LogP contribution in [-0.4, -0.2) is 16.8 Å². The number of phenolic OH excluding ortho intramolecular Hbond substituents is 1. The molecule has 13 heavy (non-hydrogen) atoms. The Bertz CT molecular complexity index is 291. The Balaban J connectivity index is 3.13. The highest BCUT2D eigenvalue weighted by molar-refractivity contribution is 9.10. The summed E-state index contributed by atoms with van der Waals surface area (Å²) in [6.07, 6.45) is 0. The molecule has 0 heterocycles. The van der Waals surface area contributed by atoms with Gasteiger partial charge in [0.1, 0.15) is 5.75 Å². The number of aliphatic hydroxyl groups is 1. The van der Waals surface area contributed by atoms with Crippen LogP contribution in [0.3, 0.4) is 0 Å². The number of nitrogens with two attached hydrogens (primary N) is 1. The van der Waals surface area contributed by atoms with E-state index in [1.807, 2.05) is 0 Å². The Labute approximate surface area is 85.3 Å². The van der Waals surface area contributed by atoms with Crippen LogP contribution in [-0.2, 0) is 0 Å². The number of phenols is 1. The molecule has 4 heteroatoms. The van der Waals surface area contributed by atoms with Crippen molar-refractivity contribution in [2.45, 2.75) is 13.0 Å². The molecule has 1 aromatic rings. The van der Waals surface area contributed by atoms with Crippen molar-refractivity contribution in [3.63, 3.8) is 0 Å². The molecule has 0 radical (unpaired) electrons. The van der Waals surface area contributed by atoms with Gasteiger partial charge in [0.25, 0.3) is 0 Å². The molecule has 0 aliphatic heterocycles.